The van der Waals surface area contributed by atoms with Gasteiger partial charge in [-0.3, -0.25) is 9.69 Å². The van der Waals surface area contributed by atoms with Gasteiger partial charge < -0.3 is 14.8 Å². The molecule has 1 aliphatic heterocycles. The van der Waals surface area contributed by atoms with Crippen molar-refractivity contribution in [2.45, 2.75) is 32.2 Å². The Morgan fingerprint density at radius 1 is 1.00 bits per heavy atom. The van der Waals surface area contributed by atoms with Crippen molar-refractivity contribution in [1.82, 2.24) is 4.90 Å². The maximum absolute atomic E-state index is 12.7. The zero-order valence-corrected chi connectivity index (χ0v) is 16.2. The van der Waals surface area contributed by atoms with Crippen molar-refractivity contribution in [3.8, 4) is 11.5 Å². The molecule has 0 aromatic heterocycles. The summed E-state index contributed by atoms with van der Waals surface area (Å²) in [6, 6.07) is 13.6. The molecule has 0 unspecified atom stereocenters. The first-order chi connectivity index (χ1) is 13.2. The second-order valence-electron chi connectivity index (χ2n) is 6.90. The maximum atomic E-state index is 12.7. The van der Waals surface area contributed by atoms with E-state index in [1.165, 1.54) is 19.3 Å². The van der Waals surface area contributed by atoms with Crippen LogP contribution in [-0.2, 0) is 17.8 Å². The number of piperidine rings is 1. The topological polar surface area (TPSA) is 50.8 Å². The smallest absolute Gasteiger partial charge is 0.228 e. The molecule has 1 N–H and O–H groups in total. The number of para-hydroxylation sites is 1. The van der Waals surface area contributed by atoms with Crippen molar-refractivity contribution in [3.05, 3.63) is 53.6 Å². The molecular weight excluding hydrogens is 340 g/mol. The van der Waals surface area contributed by atoms with Crippen molar-refractivity contribution in [1.29, 1.82) is 0 Å². The van der Waals surface area contributed by atoms with Crippen LogP contribution in [0.2, 0.25) is 0 Å². The average molecular weight is 368 g/mol. The molecule has 27 heavy (non-hydrogen) atoms. The molecule has 5 heteroatoms. The predicted molar refractivity (Wildman–Crippen MR) is 107 cm³/mol. The van der Waals surface area contributed by atoms with E-state index in [1.807, 2.05) is 36.4 Å². The molecule has 1 saturated heterocycles. The zero-order chi connectivity index (χ0) is 19.1. The van der Waals surface area contributed by atoms with E-state index in [9.17, 15) is 4.79 Å². The normalized spacial score (nSPS) is 14.6. The summed E-state index contributed by atoms with van der Waals surface area (Å²) >= 11 is 0. The van der Waals surface area contributed by atoms with E-state index >= 15 is 0 Å². The molecule has 0 atom stereocenters. The molecule has 5 nitrogen and oxygen atoms in total. The third-order valence-corrected chi connectivity index (χ3v) is 4.97. The minimum Gasteiger partial charge on any atom is -0.497 e. The lowest BCUT2D eigenvalue weighted by atomic mass is 10.1. The summed E-state index contributed by atoms with van der Waals surface area (Å²) in [6.07, 6.45) is 4.06. The van der Waals surface area contributed by atoms with Crippen molar-refractivity contribution in [2.24, 2.45) is 0 Å². The van der Waals surface area contributed by atoms with Gasteiger partial charge in [0, 0.05) is 17.8 Å². The van der Waals surface area contributed by atoms with Crippen LogP contribution in [0.25, 0.3) is 0 Å². The van der Waals surface area contributed by atoms with Gasteiger partial charge in [-0.05, 0) is 55.8 Å². The van der Waals surface area contributed by atoms with Crippen LogP contribution in [0.5, 0.6) is 11.5 Å². The van der Waals surface area contributed by atoms with Gasteiger partial charge in [-0.2, -0.15) is 0 Å². The number of rotatable bonds is 7. The number of nitrogens with one attached hydrogen (secondary N) is 1. The fraction of sp³-hybridized carbons (Fsp3) is 0.409. The Labute approximate surface area is 161 Å². The summed E-state index contributed by atoms with van der Waals surface area (Å²) in [7, 11) is 3.22. The molecule has 0 radical (unpaired) electrons. The number of ether oxygens (including phenoxy) is 2. The highest BCUT2D eigenvalue weighted by atomic mass is 16.5. The van der Waals surface area contributed by atoms with E-state index in [2.05, 4.69) is 16.3 Å². The molecule has 144 valence electrons. The van der Waals surface area contributed by atoms with E-state index in [4.69, 9.17) is 9.47 Å². The minimum absolute atomic E-state index is 0.0624. The molecule has 1 fully saturated rings. The molecule has 0 spiro atoms. The van der Waals surface area contributed by atoms with Crippen LogP contribution in [0.3, 0.4) is 0 Å². The molecular formula is C22H28N2O3. The molecule has 1 heterocycles. The molecule has 0 aliphatic carbocycles. The molecule has 2 aromatic carbocycles. The Kier molecular flexibility index (Phi) is 6.71. The van der Waals surface area contributed by atoms with Gasteiger partial charge in [0.1, 0.15) is 11.5 Å². The fourth-order valence-corrected chi connectivity index (χ4v) is 3.53. The van der Waals surface area contributed by atoms with Gasteiger partial charge in [-0.1, -0.05) is 24.6 Å². The van der Waals surface area contributed by atoms with Gasteiger partial charge >= 0.3 is 0 Å². The number of benzene rings is 2. The van der Waals surface area contributed by atoms with Gasteiger partial charge in [0.25, 0.3) is 0 Å². The highest BCUT2D eigenvalue weighted by Gasteiger charge is 2.15. The number of anilines is 1. The number of nitrogens with zero attached hydrogens (tertiary/aromatic N) is 1. The second-order valence-corrected chi connectivity index (χ2v) is 6.90. The summed E-state index contributed by atoms with van der Waals surface area (Å²) in [4.78, 5) is 15.1. The van der Waals surface area contributed by atoms with E-state index in [1.54, 1.807) is 14.2 Å². The lowest BCUT2D eigenvalue weighted by Gasteiger charge is -2.27. The van der Waals surface area contributed by atoms with Gasteiger partial charge in [0.05, 0.1) is 20.6 Å². The first kappa shape index (κ1) is 19.2. The van der Waals surface area contributed by atoms with Crippen molar-refractivity contribution in [3.63, 3.8) is 0 Å². The Balaban J connectivity index is 1.69. The van der Waals surface area contributed by atoms with Gasteiger partial charge in [-0.25, -0.2) is 0 Å². The Morgan fingerprint density at radius 2 is 1.78 bits per heavy atom. The van der Waals surface area contributed by atoms with E-state index in [0.717, 1.165) is 36.4 Å². The van der Waals surface area contributed by atoms with Crippen molar-refractivity contribution >= 4 is 11.6 Å². The first-order valence-electron chi connectivity index (χ1n) is 9.50. The standard InChI is InChI=1S/C22H28N2O3/c1-26-19-10-11-21(27-2)18(14-19)15-22(25)23-20-9-5-4-8-17(20)16-24-12-6-3-7-13-24/h4-5,8-11,14H,3,6-7,12-13,15-16H2,1-2H3,(H,23,25). The van der Waals surface area contributed by atoms with Crippen LogP contribution in [-0.4, -0.2) is 38.1 Å². The summed E-state index contributed by atoms with van der Waals surface area (Å²) in [5, 5.41) is 3.08. The predicted octanol–water partition coefficient (Wildman–Crippen LogP) is 3.87. The summed E-state index contributed by atoms with van der Waals surface area (Å²) in [6.45, 7) is 3.13. The van der Waals surface area contributed by atoms with Crippen molar-refractivity contribution in [2.75, 3.05) is 32.6 Å². The maximum Gasteiger partial charge on any atom is 0.228 e. The van der Waals surface area contributed by atoms with Gasteiger partial charge in [-0.15, -0.1) is 0 Å². The SMILES string of the molecule is COc1ccc(OC)c(CC(=O)Nc2ccccc2CN2CCCCC2)c1. The highest BCUT2D eigenvalue weighted by Crippen LogP contribution is 2.25. The number of hydrogen-bond acceptors (Lipinski definition) is 4. The van der Waals surface area contributed by atoms with Crippen LogP contribution < -0.4 is 14.8 Å². The number of amides is 1. The second kappa shape index (κ2) is 9.42. The van der Waals surface area contributed by atoms with Crippen LogP contribution in [0.4, 0.5) is 5.69 Å². The van der Waals surface area contributed by atoms with E-state index < -0.39 is 0 Å². The Hall–Kier alpha value is -2.53. The Morgan fingerprint density at radius 3 is 2.52 bits per heavy atom. The van der Waals surface area contributed by atoms with Crippen molar-refractivity contribution < 1.29 is 14.3 Å². The molecule has 1 aliphatic rings. The lowest BCUT2D eigenvalue weighted by molar-refractivity contribution is -0.115. The summed E-state index contributed by atoms with van der Waals surface area (Å²) < 4.78 is 10.6. The van der Waals surface area contributed by atoms with Crippen LogP contribution in [0.15, 0.2) is 42.5 Å². The minimum atomic E-state index is -0.0624. The number of carbonyl (C=O) groups excluding carboxylic acids is 1. The average Bonchev–Trinajstić information content (AvgIpc) is 2.70. The zero-order valence-electron chi connectivity index (χ0n) is 16.2. The number of carbonyl (C=O) groups is 1. The van der Waals surface area contributed by atoms with Gasteiger partial charge in [0.15, 0.2) is 0 Å². The number of likely N-dealkylation sites (tertiary alicyclic amines) is 1. The van der Waals surface area contributed by atoms with Gasteiger partial charge in [0.2, 0.25) is 5.91 Å². The van der Waals surface area contributed by atoms with Crippen LogP contribution in [0, 0.1) is 0 Å². The molecule has 2 aromatic rings. The molecule has 3 rings (SSSR count). The van der Waals surface area contributed by atoms with Crippen LogP contribution in [0.1, 0.15) is 30.4 Å². The van der Waals surface area contributed by atoms with E-state index in [0.29, 0.717) is 11.5 Å². The monoisotopic (exact) mass is 368 g/mol. The summed E-state index contributed by atoms with van der Waals surface area (Å²) in [5.74, 6) is 1.34. The lowest BCUT2D eigenvalue weighted by Crippen LogP contribution is -2.29. The largest absolute Gasteiger partial charge is 0.497 e. The molecule has 0 saturated carbocycles. The Bertz CT molecular complexity index is 770. The third-order valence-electron chi connectivity index (χ3n) is 4.97. The van der Waals surface area contributed by atoms with Crippen LogP contribution >= 0.6 is 0 Å². The molecule has 1 amide bonds. The summed E-state index contributed by atoms with van der Waals surface area (Å²) in [5.41, 5.74) is 2.85. The third kappa shape index (κ3) is 5.23. The number of hydrogen-bond donors (Lipinski definition) is 1. The quantitative estimate of drug-likeness (QED) is 0.806. The first-order valence-corrected chi connectivity index (χ1v) is 9.50. The molecule has 0 bridgehead atoms. The van der Waals surface area contributed by atoms with E-state index in [-0.39, 0.29) is 12.3 Å². The number of methoxy groups -OCH3 is 2. The highest BCUT2D eigenvalue weighted by molar-refractivity contribution is 5.93. The fourth-order valence-electron chi connectivity index (χ4n) is 3.53.